The average Bonchev–Trinajstić information content (AvgIpc) is 3.07. The summed E-state index contributed by atoms with van der Waals surface area (Å²) in [4.78, 5) is 23.6. The van der Waals surface area contributed by atoms with Crippen molar-refractivity contribution in [2.24, 2.45) is 5.92 Å². The number of carboxylic acids is 1. The van der Waals surface area contributed by atoms with Crippen LogP contribution in [0, 0.1) is 5.92 Å². The standard InChI is InChI=1S/C15H17NO4/c17-14(11-8-10-6-7-12(11)20-10)16-13(15(18)19)9-4-2-1-3-5-9/h1-5,10-13H,6-8H2,(H,16,17)(H,18,19)/t10?,11?,12?,13-/m0/s1. The van der Waals surface area contributed by atoms with Crippen molar-refractivity contribution in [3.8, 4) is 0 Å². The van der Waals surface area contributed by atoms with Gasteiger partial charge in [-0.15, -0.1) is 0 Å². The van der Waals surface area contributed by atoms with Crippen LogP contribution in [0.1, 0.15) is 30.9 Å². The first-order valence-electron chi connectivity index (χ1n) is 6.88. The Labute approximate surface area is 116 Å². The number of benzene rings is 1. The lowest BCUT2D eigenvalue weighted by Crippen LogP contribution is -2.40. The Balaban J connectivity index is 1.71. The van der Waals surface area contributed by atoms with E-state index in [0.29, 0.717) is 12.0 Å². The van der Waals surface area contributed by atoms with Crippen molar-refractivity contribution < 1.29 is 19.4 Å². The topological polar surface area (TPSA) is 75.6 Å². The first-order chi connectivity index (χ1) is 9.65. The molecule has 2 aliphatic rings. The van der Waals surface area contributed by atoms with Gasteiger partial charge in [0.1, 0.15) is 0 Å². The van der Waals surface area contributed by atoms with E-state index in [0.717, 1.165) is 12.8 Å². The molecule has 0 radical (unpaired) electrons. The van der Waals surface area contributed by atoms with Crippen molar-refractivity contribution in [2.45, 2.75) is 37.5 Å². The predicted octanol–water partition coefficient (Wildman–Crippen LogP) is 1.50. The number of nitrogens with one attached hydrogen (secondary N) is 1. The van der Waals surface area contributed by atoms with Crippen LogP contribution < -0.4 is 5.32 Å². The molecule has 106 valence electrons. The third-order valence-electron chi connectivity index (χ3n) is 4.11. The van der Waals surface area contributed by atoms with E-state index in [-0.39, 0.29) is 24.0 Å². The van der Waals surface area contributed by atoms with Gasteiger partial charge in [0.25, 0.3) is 0 Å². The van der Waals surface area contributed by atoms with Gasteiger partial charge in [0.15, 0.2) is 6.04 Å². The van der Waals surface area contributed by atoms with Crippen molar-refractivity contribution in [2.75, 3.05) is 0 Å². The second kappa shape index (κ2) is 5.25. The number of carbonyl (C=O) groups excluding carboxylic acids is 1. The highest BCUT2D eigenvalue weighted by Crippen LogP contribution is 2.39. The average molecular weight is 275 g/mol. The van der Waals surface area contributed by atoms with Gasteiger partial charge in [-0.05, 0) is 24.8 Å². The highest BCUT2D eigenvalue weighted by molar-refractivity contribution is 5.86. The van der Waals surface area contributed by atoms with E-state index >= 15 is 0 Å². The van der Waals surface area contributed by atoms with Crippen LogP contribution in [0.5, 0.6) is 0 Å². The minimum Gasteiger partial charge on any atom is -0.479 e. The summed E-state index contributed by atoms with van der Waals surface area (Å²) in [6, 6.07) is 7.75. The van der Waals surface area contributed by atoms with Crippen LogP contribution in [0.15, 0.2) is 30.3 Å². The van der Waals surface area contributed by atoms with E-state index in [9.17, 15) is 14.7 Å². The Morgan fingerprint density at radius 2 is 2.00 bits per heavy atom. The number of amides is 1. The van der Waals surface area contributed by atoms with E-state index in [1.54, 1.807) is 24.3 Å². The van der Waals surface area contributed by atoms with Crippen LogP contribution in [0.3, 0.4) is 0 Å². The maximum atomic E-state index is 12.3. The zero-order valence-corrected chi connectivity index (χ0v) is 11.0. The second-order valence-electron chi connectivity index (χ2n) is 5.41. The number of carboxylic acid groups (broad SMARTS) is 1. The molecule has 1 amide bonds. The summed E-state index contributed by atoms with van der Waals surface area (Å²) < 4.78 is 5.65. The molecule has 1 aromatic carbocycles. The molecule has 2 heterocycles. The van der Waals surface area contributed by atoms with Gasteiger partial charge in [-0.3, -0.25) is 4.79 Å². The molecule has 2 bridgehead atoms. The number of ether oxygens (including phenoxy) is 1. The van der Waals surface area contributed by atoms with Crippen molar-refractivity contribution >= 4 is 11.9 Å². The Hall–Kier alpha value is -1.88. The summed E-state index contributed by atoms with van der Waals surface area (Å²) in [5.74, 6) is -1.47. The fourth-order valence-electron chi connectivity index (χ4n) is 3.10. The zero-order chi connectivity index (χ0) is 14.1. The number of carbonyl (C=O) groups is 2. The first-order valence-corrected chi connectivity index (χ1v) is 6.88. The third kappa shape index (κ3) is 2.41. The van der Waals surface area contributed by atoms with Gasteiger partial charge in [0.2, 0.25) is 5.91 Å². The van der Waals surface area contributed by atoms with Crippen LogP contribution in [0.2, 0.25) is 0 Å². The summed E-state index contributed by atoms with van der Waals surface area (Å²) in [5, 5.41) is 11.9. The van der Waals surface area contributed by atoms with Gasteiger partial charge >= 0.3 is 5.97 Å². The number of aliphatic carboxylic acids is 1. The zero-order valence-electron chi connectivity index (χ0n) is 11.0. The maximum Gasteiger partial charge on any atom is 0.330 e. The normalized spacial score (nSPS) is 29.1. The van der Waals surface area contributed by atoms with Gasteiger partial charge in [-0.25, -0.2) is 4.79 Å². The van der Waals surface area contributed by atoms with Gasteiger partial charge in [0, 0.05) is 0 Å². The number of hydrogen-bond donors (Lipinski definition) is 2. The Morgan fingerprint density at radius 3 is 2.55 bits per heavy atom. The molecule has 5 heteroatoms. The summed E-state index contributed by atoms with van der Waals surface area (Å²) in [6.07, 6.45) is 2.75. The lowest BCUT2D eigenvalue weighted by Gasteiger charge is -2.21. The van der Waals surface area contributed by atoms with Gasteiger partial charge in [-0.2, -0.15) is 0 Å². The molecule has 1 aromatic rings. The molecule has 0 saturated carbocycles. The molecule has 4 atom stereocenters. The SMILES string of the molecule is O=C(N[C@H](C(=O)O)c1ccccc1)C1CC2CCC1O2. The molecule has 2 fully saturated rings. The second-order valence-corrected chi connectivity index (χ2v) is 5.41. The fraction of sp³-hybridized carbons (Fsp3) is 0.467. The van der Waals surface area contributed by atoms with E-state index in [4.69, 9.17) is 4.74 Å². The summed E-state index contributed by atoms with van der Waals surface area (Å²) in [5.41, 5.74) is 0.581. The van der Waals surface area contributed by atoms with Gasteiger partial charge in [0.05, 0.1) is 18.1 Å². The minimum atomic E-state index is -1.05. The summed E-state index contributed by atoms with van der Waals surface area (Å²) >= 11 is 0. The predicted molar refractivity (Wildman–Crippen MR) is 71.0 cm³/mol. The first kappa shape index (κ1) is 13.1. The molecule has 3 unspecified atom stereocenters. The van der Waals surface area contributed by atoms with Crippen molar-refractivity contribution in [3.05, 3.63) is 35.9 Å². The fourth-order valence-corrected chi connectivity index (χ4v) is 3.10. The van der Waals surface area contributed by atoms with Crippen LogP contribution >= 0.6 is 0 Å². The lowest BCUT2D eigenvalue weighted by atomic mass is 9.88. The molecule has 2 aliphatic heterocycles. The lowest BCUT2D eigenvalue weighted by molar-refractivity contribution is -0.143. The molecular weight excluding hydrogens is 258 g/mol. The quantitative estimate of drug-likeness (QED) is 0.873. The van der Waals surface area contributed by atoms with Gasteiger partial charge in [-0.1, -0.05) is 30.3 Å². The summed E-state index contributed by atoms with van der Waals surface area (Å²) in [6.45, 7) is 0. The van der Waals surface area contributed by atoms with Crippen LogP contribution in [0.4, 0.5) is 0 Å². The molecular formula is C15H17NO4. The van der Waals surface area contributed by atoms with Gasteiger partial charge < -0.3 is 15.2 Å². The Morgan fingerprint density at radius 1 is 1.25 bits per heavy atom. The van der Waals surface area contributed by atoms with E-state index in [2.05, 4.69) is 5.32 Å². The maximum absolute atomic E-state index is 12.3. The molecule has 2 N–H and O–H groups in total. The molecule has 20 heavy (non-hydrogen) atoms. The largest absolute Gasteiger partial charge is 0.479 e. The molecule has 5 nitrogen and oxygen atoms in total. The van der Waals surface area contributed by atoms with Crippen LogP contribution in [-0.2, 0) is 14.3 Å². The summed E-state index contributed by atoms with van der Waals surface area (Å²) in [7, 11) is 0. The van der Waals surface area contributed by atoms with Crippen LogP contribution in [0.25, 0.3) is 0 Å². The number of rotatable bonds is 4. The molecule has 0 aromatic heterocycles. The van der Waals surface area contributed by atoms with Crippen molar-refractivity contribution in [1.82, 2.24) is 5.32 Å². The molecule has 2 saturated heterocycles. The Bertz CT molecular complexity index is 516. The smallest absolute Gasteiger partial charge is 0.330 e. The molecule has 0 aliphatic carbocycles. The minimum absolute atomic E-state index is 0.0368. The van der Waals surface area contributed by atoms with Crippen molar-refractivity contribution in [3.63, 3.8) is 0 Å². The molecule has 0 spiro atoms. The highest BCUT2D eigenvalue weighted by atomic mass is 16.5. The van der Waals surface area contributed by atoms with Crippen molar-refractivity contribution in [1.29, 1.82) is 0 Å². The monoisotopic (exact) mass is 275 g/mol. The van der Waals surface area contributed by atoms with E-state index in [1.165, 1.54) is 0 Å². The van der Waals surface area contributed by atoms with E-state index < -0.39 is 12.0 Å². The highest BCUT2D eigenvalue weighted by Gasteiger charge is 2.45. The van der Waals surface area contributed by atoms with Crippen LogP contribution in [-0.4, -0.2) is 29.2 Å². The van der Waals surface area contributed by atoms with E-state index in [1.807, 2.05) is 6.07 Å². The number of hydrogen-bond acceptors (Lipinski definition) is 3. The number of fused-ring (bicyclic) bond motifs is 2. The molecule has 3 rings (SSSR count). The Kier molecular flexibility index (Phi) is 3.44. The third-order valence-corrected chi connectivity index (χ3v) is 4.11.